The number of imide groups is 1. The first-order valence-electron chi connectivity index (χ1n) is 10.0. The van der Waals surface area contributed by atoms with Gasteiger partial charge in [0.25, 0.3) is 17.5 Å². The van der Waals surface area contributed by atoms with Gasteiger partial charge in [-0.15, -0.1) is 0 Å². The van der Waals surface area contributed by atoms with Crippen LogP contribution in [-0.4, -0.2) is 40.7 Å². The van der Waals surface area contributed by atoms with Gasteiger partial charge in [0.1, 0.15) is 11.8 Å². The summed E-state index contributed by atoms with van der Waals surface area (Å²) in [5.41, 5.74) is 1.21. The summed E-state index contributed by atoms with van der Waals surface area (Å²) in [5, 5.41) is 13.7. The maximum atomic E-state index is 13.4. The van der Waals surface area contributed by atoms with Crippen molar-refractivity contribution >= 4 is 29.1 Å². The number of benzene rings is 3. The van der Waals surface area contributed by atoms with Crippen LogP contribution < -0.4 is 10.1 Å². The summed E-state index contributed by atoms with van der Waals surface area (Å²) in [4.78, 5) is 50.9. The van der Waals surface area contributed by atoms with Gasteiger partial charge in [-0.3, -0.25) is 29.4 Å². The van der Waals surface area contributed by atoms with Crippen LogP contribution in [0.25, 0.3) is 0 Å². The van der Waals surface area contributed by atoms with E-state index >= 15 is 0 Å². The molecule has 0 bridgehead atoms. The average molecular weight is 445 g/mol. The molecule has 0 spiro atoms. The minimum atomic E-state index is -1.15. The van der Waals surface area contributed by atoms with E-state index in [0.717, 1.165) is 10.5 Å². The molecule has 0 aliphatic carbocycles. The van der Waals surface area contributed by atoms with Crippen LogP contribution in [0.15, 0.2) is 72.8 Å². The second-order valence-electron chi connectivity index (χ2n) is 7.36. The molecule has 0 radical (unpaired) electrons. The number of methoxy groups -OCH3 is 1. The fourth-order valence-electron chi connectivity index (χ4n) is 3.74. The van der Waals surface area contributed by atoms with Crippen LogP contribution in [0.5, 0.6) is 5.75 Å². The van der Waals surface area contributed by atoms with Gasteiger partial charge in [-0.25, -0.2) is 0 Å². The summed E-state index contributed by atoms with van der Waals surface area (Å²) in [5.74, 6) is -1.65. The number of nitrogens with one attached hydrogen (secondary N) is 1. The van der Waals surface area contributed by atoms with Crippen molar-refractivity contribution in [2.75, 3.05) is 12.4 Å². The number of ether oxygens (including phenoxy) is 1. The molecular formula is C24H19N3O6. The van der Waals surface area contributed by atoms with Gasteiger partial charge < -0.3 is 10.1 Å². The lowest BCUT2D eigenvalue weighted by molar-refractivity contribution is -0.384. The Bertz CT molecular complexity index is 1220. The number of amides is 3. The molecule has 9 heteroatoms. The summed E-state index contributed by atoms with van der Waals surface area (Å²) in [6.45, 7) is 0. The summed E-state index contributed by atoms with van der Waals surface area (Å²) in [6.07, 6.45) is 0.0907. The van der Waals surface area contributed by atoms with Gasteiger partial charge in [0.2, 0.25) is 5.91 Å². The molecule has 0 aromatic heterocycles. The third-order valence-electron chi connectivity index (χ3n) is 5.37. The van der Waals surface area contributed by atoms with Gasteiger partial charge in [0, 0.05) is 12.5 Å². The quantitative estimate of drug-likeness (QED) is 0.338. The largest absolute Gasteiger partial charge is 0.494 e. The van der Waals surface area contributed by atoms with E-state index in [1.54, 1.807) is 48.5 Å². The molecule has 166 valence electrons. The van der Waals surface area contributed by atoms with Gasteiger partial charge in [0.05, 0.1) is 34.9 Å². The molecule has 1 atom stereocenters. The van der Waals surface area contributed by atoms with Crippen molar-refractivity contribution in [1.29, 1.82) is 0 Å². The molecule has 4 rings (SSSR count). The summed E-state index contributed by atoms with van der Waals surface area (Å²) in [7, 11) is 1.32. The van der Waals surface area contributed by atoms with Gasteiger partial charge in [-0.05, 0) is 23.8 Å². The highest BCUT2D eigenvalue weighted by molar-refractivity contribution is 6.23. The Morgan fingerprint density at radius 1 is 1.00 bits per heavy atom. The third kappa shape index (κ3) is 4.16. The number of nitro benzene ring substituents is 1. The minimum absolute atomic E-state index is 0.0818. The fourth-order valence-corrected chi connectivity index (χ4v) is 3.74. The molecule has 0 fully saturated rings. The molecule has 3 aromatic carbocycles. The van der Waals surface area contributed by atoms with Crippen molar-refractivity contribution in [2.45, 2.75) is 12.5 Å². The number of nitrogens with zero attached hydrogens (tertiary/aromatic N) is 2. The highest BCUT2D eigenvalue weighted by Gasteiger charge is 2.42. The lowest BCUT2D eigenvalue weighted by Crippen LogP contribution is -2.48. The summed E-state index contributed by atoms with van der Waals surface area (Å²) >= 11 is 0. The zero-order chi connectivity index (χ0) is 23.5. The van der Waals surface area contributed by atoms with Gasteiger partial charge in [-0.2, -0.15) is 0 Å². The van der Waals surface area contributed by atoms with Crippen molar-refractivity contribution in [1.82, 2.24) is 4.90 Å². The molecule has 0 saturated heterocycles. The third-order valence-corrected chi connectivity index (χ3v) is 5.37. The van der Waals surface area contributed by atoms with E-state index < -0.39 is 28.7 Å². The predicted molar refractivity (Wildman–Crippen MR) is 119 cm³/mol. The Morgan fingerprint density at radius 2 is 1.61 bits per heavy atom. The van der Waals surface area contributed by atoms with Crippen molar-refractivity contribution in [2.24, 2.45) is 0 Å². The molecular weight excluding hydrogens is 426 g/mol. The Morgan fingerprint density at radius 3 is 2.18 bits per heavy atom. The second kappa shape index (κ2) is 8.91. The van der Waals surface area contributed by atoms with Crippen LogP contribution >= 0.6 is 0 Å². The van der Waals surface area contributed by atoms with E-state index in [4.69, 9.17) is 4.74 Å². The Kier molecular flexibility index (Phi) is 5.86. The van der Waals surface area contributed by atoms with Crippen molar-refractivity contribution < 1.29 is 24.0 Å². The van der Waals surface area contributed by atoms with E-state index in [9.17, 15) is 24.5 Å². The number of rotatable bonds is 7. The number of carbonyl (C=O) groups excluding carboxylic acids is 3. The van der Waals surface area contributed by atoms with Crippen molar-refractivity contribution in [3.05, 3.63) is 99.6 Å². The summed E-state index contributed by atoms with van der Waals surface area (Å²) in [6, 6.07) is 18.0. The highest BCUT2D eigenvalue weighted by Crippen LogP contribution is 2.31. The first-order chi connectivity index (χ1) is 15.9. The number of nitro groups is 1. The Hall–Kier alpha value is -4.53. The number of fused-ring (bicyclic) bond motifs is 1. The maximum absolute atomic E-state index is 13.4. The lowest BCUT2D eigenvalue weighted by atomic mass is 10.0. The van der Waals surface area contributed by atoms with E-state index in [1.165, 1.54) is 25.3 Å². The number of hydrogen-bond acceptors (Lipinski definition) is 6. The smallest absolute Gasteiger partial charge is 0.273 e. The first kappa shape index (κ1) is 21.7. The minimum Gasteiger partial charge on any atom is -0.494 e. The topological polar surface area (TPSA) is 119 Å². The van der Waals surface area contributed by atoms with Crippen LogP contribution in [0.4, 0.5) is 11.4 Å². The first-order valence-corrected chi connectivity index (χ1v) is 10.0. The van der Waals surface area contributed by atoms with Crippen LogP contribution in [0.2, 0.25) is 0 Å². The van der Waals surface area contributed by atoms with Crippen LogP contribution in [-0.2, 0) is 11.2 Å². The van der Waals surface area contributed by atoms with Crippen LogP contribution in [0.1, 0.15) is 26.3 Å². The lowest BCUT2D eigenvalue weighted by Gasteiger charge is -2.26. The fraction of sp³-hybridized carbons (Fsp3) is 0.125. The molecule has 1 aliphatic heterocycles. The normalized spacial score (nSPS) is 13.4. The molecule has 1 unspecified atom stereocenters. The second-order valence-corrected chi connectivity index (χ2v) is 7.36. The van der Waals surface area contributed by atoms with Gasteiger partial charge in [-0.1, -0.05) is 42.5 Å². The molecule has 0 saturated carbocycles. The number of hydrogen-bond donors (Lipinski definition) is 1. The standard InChI is InChI=1S/C24H19N3O6/c1-33-21-14-16(27(31)32)11-12-19(21)25-22(28)20(13-15-7-3-2-4-8-15)26-23(29)17-9-5-6-10-18(17)24(26)30/h2-12,14,20H,13H2,1H3,(H,25,28). The Labute approximate surface area is 188 Å². The molecule has 9 nitrogen and oxygen atoms in total. The number of non-ortho nitro benzene ring substituents is 1. The molecule has 33 heavy (non-hydrogen) atoms. The van der Waals surface area contributed by atoms with E-state index in [2.05, 4.69) is 5.32 Å². The van der Waals surface area contributed by atoms with Crippen molar-refractivity contribution in [3.63, 3.8) is 0 Å². The van der Waals surface area contributed by atoms with E-state index in [1.807, 2.05) is 6.07 Å². The van der Waals surface area contributed by atoms with E-state index in [0.29, 0.717) is 0 Å². The molecule has 1 N–H and O–H groups in total. The van der Waals surface area contributed by atoms with Crippen LogP contribution in [0, 0.1) is 10.1 Å². The number of anilines is 1. The zero-order valence-corrected chi connectivity index (χ0v) is 17.6. The predicted octanol–water partition coefficient (Wildman–Crippen LogP) is 3.45. The molecule has 1 heterocycles. The van der Waals surface area contributed by atoms with E-state index in [-0.39, 0.29) is 34.7 Å². The molecule has 1 aliphatic rings. The maximum Gasteiger partial charge on any atom is 0.273 e. The van der Waals surface area contributed by atoms with Crippen LogP contribution in [0.3, 0.4) is 0 Å². The number of carbonyl (C=O) groups is 3. The summed E-state index contributed by atoms with van der Waals surface area (Å²) < 4.78 is 5.19. The van der Waals surface area contributed by atoms with Gasteiger partial charge >= 0.3 is 0 Å². The molecule has 3 aromatic rings. The molecule has 3 amide bonds. The highest BCUT2D eigenvalue weighted by atomic mass is 16.6. The Balaban J connectivity index is 1.69. The van der Waals surface area contributed by atoms with Gasteiger partial charge in [0.15, 0.2) is 0 Å². The zero-order valence-electron chi connectivity index (χ0n) is 17.6. The monoisotopic (exact) mass is 445 g/mol. The average Bonchev–Trinajstić information content (AvgIpc) is 3.08. The SMILES string of the molecule is COc1cc([N+](=O)[O-])ccc1NC(=O)C(Cc1ccccc1)N1C(=O)c2ccccc2C1=O. The van der Waals surface area contributed by atoms with Crippen molar-refractivity contribution in [3.8, 4) is 5.75 Å².